The van der Waals surface area contributed by atoms with Crippen LogP contribution in [-0.2, 0) is 11.2 Å². The highest BCUT2D eigenvalue weighted by molar-refractivity contribution is 7.99. The number of nitrogens with zero attached hydrogens (tertiary/aromatic N) is 3. The first kappa shape index (κ1) is 26.3. The zero-order chi connectivity index (χ0) is 26.2. The van der Waals surface area contributed by atoms with E-state index in [-0.39, 0.29) is 17.7 Å². The summed E-state index contributed by atoms with van der Waals surface area (Å²) in [5.41, 5.74) is 3.47. The number of benzene rings is 3. The van der Waals surface area contributed by atoms with E-state index in [1.54, 1.807) is 0 Å². The quantitative estimate of drug-likeness (QED) is 0.147. The van der Waals surface area contributed by atoms with Crippen molar-refractivity contribution < 1.29 is 4.79 Å². The molecular weight excluding hydrogens is 512 g/mol. The van der Waals surface area contributed by atoms with Crippen molar-refractivity contribution in [2.75, 3.05) is 23.7 Å². The van der Waals surface area contributed by atoms with E-state index in [1.807, 2.05) is 66.7 Å². The summed E-state index contributed by atoms with van der Waals surface area (Å²) in [6, 6.07) is 32.3. The SMILES string of the molecule is O=C(CSc1nc(Cl)cc(N2CCC(Cc3ccccc3)CC2)n1)NC(c1ccccc1)c1ccccc1. The zero-order valence-electron chi connectivity index (χ0n) is 21.2. The highest BCUT2D eigenvalue weighted by atomic mass is 35.5. The Morgan fingerprint density at radius 3 is 2.08 bits per heavy atom. The van der Waals surface area contributed by atoms with Crippen molar-refractivity contribution in [2.24, 2.45) is 5.92 Å². The normalized spacial score (nSPS) is 14.0. The number of amides is 1. The van der Waals surface area contributed by atoms with Gasteiger partial charge >= 0.3 is 0 Å². The second-order valence-corrected chi connectivity index (χ2v) is 10.9. The lowest BCUT2D eigenvalue weighted by molar-refractivity contribution is -0.119. The number of hydrogen-bond acceptors (Lipinski definition) is 5. The molecular formula is C31H31ClN4OS. The van der Waals surface area contributed by atoms with Crippen LogP contribution < -0.4 is 10.2 Å². The lowest BCUT2D eigenvalue weighted by Gasteiger charge is -2.33. The minimum Gasteiger partial charge on any atom is -0.356 e. The summed E-state index contributed by atoms with van der Waals surface area (Å²) >= 11 is 7.68. The van der Waals surface area contributed by atoms with Crippen LogP contribution in [0.3, 0.4) is 0 Å². The van der Waals surface area contributed by atoms with Gasteiger partial charge in [-0.15, -0.1) is 0 Å². The lowest BCUT2D eigenvalue weighted by atomic mass is 9.90. The maximum absolute atomic E-state index is 13.0. The van der Waals surface area contributed by atoms with Crippen LogP contribution in [0.4, 0.5) is 5.82 Å². The average Bonchev–Trinajstić information content (AvgIpc) is 2.96. The van der Waals surface area contributed by atoms with Crippen molar-refractivity contribution in [3.8, 4) is 0 Å². The largest absolute Gasteiger partial charge is 0.356 e. The van der Waals surface area contributed by atoms with E-state index >= 15 is 0 Å². The van der Waals surface area contributed by atoms with Crippen molar-refractivity contribution in [1.29, 1.82) is 0 Å². The molecule has 1 saturated heterocycles. The molecule has 1 aliphatic rings. The van der Waals surface area contributed by atoms with Crippen molar-refractivity contribution >= 4 is 35.1 Å². The molecule has 5 rings (SSSR count). The molecule has 1 amide bonds. The summed E-state index contributed by atoms with van der Waals surface area (Å²) in [6.07, 6.45) is 3.34. The predicted molar refractivity (Wildman–Crippen MR) is 156 cm³/mol. The summed E-state index contributed by atoms with van der Waals surface area (Å²) in [5, 5.41) is 4.10. The summed E-state index contributed by atoms with van der Waals surface area (Å²) in [4.78, 5) is 24.4. The molecule has 2 heterocycles. The molecule has 0 unspecified atom stereocenters. The van der Waals surface area contributed by atoms with Crippen molar-refractivity contribution in [2.45, 2.75) is 30.5 Å². The van der Waals surface area contributed by atoms with Gasteiger partial charge in [-0.1, -0.05) is 114 Å². The Balaban J connectivity index is 1.19. The van der Waals surface area contributed by atoms with Gasteiger partial charge in [0.05, 0.1) is 11.8 Å². The number of nitrogens with one attached hydrogen (secondary N) is 1. The smallest absolute Gasteiger partial charge is 0.231 e. The number of hydrogen-bond donors (Lipinski definition) is 1. The third-order valence-electron chi connectivity index (χ3n) is 6.87. The van der Waals surface area contributed by atoms with Crippen LogP contribution in [0, 0.1) is 5.92 Å². The van der Waals surface area contributed by atoms with E-state index in [9.17, 15) is 4.79 Å². The van der Waals surface area contributed by atoms with E-state index < -0.39 is 0 Å². The van der Waals surface area contributed by atoms with Gasteiger partial charge in [0.25, 0.3) is 0 Å². The van der Waals surface area contributed by atoms with Crippen LogP contribution >= 0.6 is 23.4 Å². The number of anilines is 1. The standard InChI is InChI=1S/C31H31ClN4OS/c32-27-21-28(36-18-16-24(17-19-36)20-23-10-4-1-5-11-23)34-31(33-27)38-22-29(37)35-30(25-12-6-2-7-13-25)26-14-8-3-9-15-26/h1-15,21,24,30H,16-20,22H2,(H,35,37). The second kappa shape index (κ2) is 12.9. The van der Waals surface area contributed by atoms with E-state index in [0.717, 1.165) is 49.3 Å². The molecule has 1 aromatic heterocycles. The molecule has 7 heteroatoms. The van der Waals surface area contributed by atoms with Crippen LogP contribution in [0.15, 0.2) is 102 Å². The fraction of sp³-hybridized carbons (Fsp3) is 0.258. The molecule has 0 saturated carbocycles. The van der Waals surface area contributed by atoms with Crippen molar-refractivity contribution in [1.82, 2.24) is 15.3 Å². The van der Waals surface area contributed by atoms with Crippen molar-refractivity contribution in [3.05, 3.63) is 119 Å². The molecule has 0 spiro atoms. The van der Waals surface area contributed by atoms with Crippen LogP contribution in [0.2, 0.25) is 5.15 Å². The molecule has 1 aliphatic heterocycles. The number of rotatable bonds is 9. The van der Waals surface area contributed by atoms with Gasteiger partial charge in [-0.25, -0.2) is 9.97 Å². The number of thioether (sulfide) groups is 1. The molecule has 194 valence electrons. The van der Waals surface area contributed by atoms with E-state index in [0.29, 0.717) is 16.2 Å². The molecule has 0 atom stereocenters. The van der Waals surface area contributed by atoms with Crippen molar-refractivity contribution in [3.63, 3.8) is 0 Å². The predicted octanol–water partition coefficient (Wildman–Crippen LogP) is 6.59. The Morgan fingerprint density at radius 1 is 0.895 bits per heavy atom. The molecule has 1 fully saturated rings. The highest BCUT2D eigenvalue weighted by Crippen LogP contribution is 2.28. The third-order valence-corrected chi connectivity index (χ3v) is 7.91. The molecule has 5 nitrogen and oxygen atoms in total. The van der Waals surface area contributed by atoms with E-state index in [1.165, 1.54) is 17.3 Å². The fourth-order valence-electron chi connectivity index (χ4n) is 4.91. The summed E-state index contributed by atoms with van der Waals surface area (Å²) in [7, 11) is 0. The molecule has 1 N–H and O–H groups in total. The highest BCUT2D eigenvalue weighted by Gasteiger charge is 2.22. The molecule has 4 aromatic rings. The maximum atomic E-state index is 13.0. The number of piperidine rings is 1. The van der Waals surface area contributed by atoms with Crippen LogP contribution in [0.1, 0.15) is 35.6 Å². The summed E-state index contributed by atoms with van der Waals surface area (Å²) < 4.78 is 0. The van der Waals surface area contributed by atoms with Crippen LogP contribution in [-0.4, -0.2) is 34.7 Å². The third kappa shape index (κ3) is 7.15. The zero-order valence-corrected chi connectivity index (χ0v) is 22.7. The number of halogens is 1. The van der Waals surface area contributed by atoms with E-state index in [4.69, 9.17) is 16.6 Å². The van der Waals surface area contributed by atoms with Gasteiger partial charge in [-0.2, -0.15) is 0 Å². The fourth-order valence-corrected chi connectivity index (χ4v) is 5.80. The minimum absolute atomic E-state index is 0.0837. The van der Waals surface area contributed by atoms with Gasteiger partial charge in [0.2, 0.25) is 5.91 Å². The molecule has 0 bridgehead atoms. The van der Waals surface area contributed by atoms with Gasteiger partial charge in [0, 0.05) is 19.2 Å². The number of carbonyl (C=O) groups excluding carboxylic acids is 1. The number of carbonyl (C=O) groups is 1. The first-order valence-corrected chi connectivity index (χ1v) is 14.4. The summed E-state index contributed by atoms with van der Waals surface area (Å²) in [6.45, 7) is 1.87. The Bertz CT molecular complexity index is 1280. The Hall–Kier alpha value is -3.35. The lowest BCUT2D eigenvalue weighted by Crippen LogP contribution is -2.35. The van der Waals surface area contributed by atoms with Gasteiger partial charge in [-0.05, 0) is 41.9 Å². The average molecular weight is 543 g/mol. The van der Waals surface area contributed by atoms with E-state index in [2.05, 4.69) is 45.5 Å². The Labute approximate surface area is 233 Å². The maximum Gasteiger partial charge on any atom is 0.231 e. The number of aromatic nitrogens is 2. The molecule has 38 heavy (non-hydrogen) atoms. The first-order chi connectivity index (χ1) is 18.6. The minimum atomic E-state index is -0.224. The van der Waals surface area contributed by atoms with Gasteiger partial charge < -0.3 is 10.2 Å². The molecule has 0 radical (unpaired) electrons. The van der Waals surface area contributed by atoms with Crippen LogP contribution in [0.25, 0.3) is 0 Å². The second-order valence-electron chi connectivity index (χ2n) is 9.56. The first-order valence-electron chi connectivity index (χ1n) is 13.0. The van der Waals surface area contributed by atoms with Gasteiger partial charge in [0.15, 0.2) is 5.16 Å². The van der Waals surface area contributed by atoms with Gasteiger partial charge in [-0.3, -0.25) is 4.79 Å². The topological polar surface area (TPSA) is 58.1 Å². The monoisotopic (exact) mass is 542 g/mol. The van der Waals surface area contributed by atoms with Gasteiger partial charge in [0.1, 0.15) is 11.0 Å². The Morgan fingerprint density at radius 2 is 1.47 bits per heavy atom. The molecule has 3 aromatic carbocycles. The molecule has 0 aliphatic carbocycles. The Kier molecular flexibility index (Phi) is 8.94. The van der Waals surface area contributed by atoms with Crippen LogP contribution in [0.5, 0.6) is 0 Å². The summed E-state index contributed by atoms with van der Waals surface area (Å²) in [5.74, 6) is 1.62.